The van der Waals surface area contributed by atoms with Crippen LogP contribution in [0.2, 0.25) is 0 Å². The van der Waals surface area contributed by atoms with E-state index in [0.717, 1.165) is 12.1 Å². The van der Waals surface area contributed by atoms with E-state index in [2.05, 4.69) is 4.99 Å². The second kappa shape index (κ2) is 10.2. The highest BCUT2D eigenvalue weighted by atomic mass is 32.2. The number of nitrogens with two attached hydrogens (primary N) is 2. The Balaban J connectivity index is 2.88. The predicted octanol–water partition coefficient (Wildman–Crippen LogP) is -0.953. The molecule has 23 heavy (non-hydrogen) atoms. The Morgan fingerprint density at radius 2 is 2.13 bits per heavy atom. The molecule has 1 aliphatic rings. The van der Waals surface area contributed by atoms with Gasteiger partial charge < -0.3 is 31.3 Å². The molecule has 5 atom stereocenters. The molecule has 1 fully saturated rings. The lowest BCUT2D eigenvalue weighted by molar-refractivity contribution is -0.0553. The third-order valence-corrected chi connectivity index (χ3v) is 4.90. The molecular weight excluding hydrogens is 318 g/mol. The molecule has 0 aromatic heterocycles. The van der Waals surface area contributed by atoms with E-state index in [-0.39, 0.29) is 5.92 Å². The number of hydrogen-bond acceptors (Lipinski definition) is 7. The van der Waals surface area contributed by atoms with Crippen LogP contribution in [0.3, 0.4) is 0 Å². The summed E-state index contributed by atoms with van der Waals surface area (Å²) >= 11 is 1.58. The number of aliphatic hydroxyl groups excluding tert-OH is 2. The van der Waals surface area contributed by atoms with Gasteiger partial charge in [0.1, 0.15) is 24.4 Å². The predicted molar refractivity (Wildman–Crippen MR) is 93.9 cm³/mol. The van der Waals surface area contributed by atoms with Crippen LogP contribution >= 0.6 is 11.8 Å². The van der Waals surface area contributed by atoms with Crippen LogP contribution in [0.1, 0.15) is 13.8 Å². The first kappa shape index (κ1) is 20.3. The molecule has 0 aliphatic carbocycles. The summed E-state index contributed by atoms with van der Waals surface area (Å²) in [5.41, 5.74) is 11.2. The maximum atomic E-state index is 10.4. The van der Waals surface area contributed by atoms with Crippen LogP contribution in [0.4, 0.5) is 0 Å². The van der Waals surface area contributed by atoms with Gasteiger partial charge in [-0.1, -0.05) is 6.92 Å². The van der Waals surface area contributed by atoms with Gasteiger partial charge in [0, 0.05) is 37.1 Å². The van der Waals surface area contributed by atoms with Gasteiger partial charge >= 0.3 is 0 Å². The average molecular weight is 347 g/mol. The van der Waals surface area contributed by atoms with Crippen molar-refractivity contribution in [2.75, 3.05) is 31.1 Å². The Kier molecular flexibility index (Phi) is 9.03. The molecule has 8 nitrogen and oxygen atoms in total. The minimum absolute atomic E-state index is 0.0878. The van der Waals surface area contributed by atoms with Gasteiger partial charge in [0.15, 0.2) is 6.23 Å². The summed E-state index contributed by atoms with van der Waals surface area (Å²) in [6.07, 6.45) is -2.22. The maximum absolute atomic E-state index is 10.4. The van der Waals surface area contributed by atoms with Gasteiger partial charge in [-0.25, -0.2) is 4.99 Å². The topological polar surface area (TPSA) is 141 Å². The zero-order valence-electron chi connectivity index (χ0n) is 13.8. The van der Waals surface area contributed by atoms with Crippen LogP contribution in [-0.2, 0) is 4.74 Å². The summed E-state index contributed by atoms with van der Waals surface area (Å²) < 4.78 is 5.88. The molecule has 9 heteroatoms. The third kappa shape index (κ3) is 5.13. The van der Waals surface area contributed by atoms with Crippen molar-refractivity contribution in [3.05, 3.63) is 0 Å². The van der Waals surface area contributed by atoms with Crippen LogP contribution in [0.15, 0.2) is 4.99 Å². The second-order valence-corrected chi connectivity index (χ2v) is 6.60. The molecule has 0 radical (unpaired) electrons. The van der Waals surface area contributed by atoms with Gasteiger partial charge in [0.2, 0.25) is 0 Å². The van der Waals surface area contributed by atoms with E-state index in [9.17, 15) is 10.2 Å². The number of nitrogens with one attached hydrogen (secondary N) is 1. The quantitative estimate of drug-likeness (QED) is 0.206. The zero-order chi connectivity index (χ0) is 17.4. The van der Waals surface area contributed by atoms with E-state index < -0.39 is 24.5 Å². The number of aliphatic hydroxyl groups is 2. The number of nitrogens with zero attached hydrogens (tertiary/aromatic N) is 2. The van der Waals surface area contributed by atoms with E-state index in [1.807, 2.05) is 13.8 Å². The minimum Gasteiger partial charge on any atom is -0.387 e. The van der Waals surface area contributed by atoms with Crippen molar-refractivity contribution in [2.24, 2.45) is 22.4 Å². The summed E-state index contributed by atoms with van der Waals surface area (Å²) in [4.78, 5) is 5.85. The average Bonchev–Trinajstić information content (AvgIpc) is 2.83. The molecule has 1 rings (SSSR count). The lowest BCUT2D eigenvalue weighted by atomic mass is 10.1. The van der Waals surface area contributed by atoms with Crippen molar-refractivity contribution in [3.8, 4) is 0 Å². The molecule has 5 unspecified atom stereocenters. The third-order valence-electron chi connectivity index (χ3n) is 3.81. The van der Waals surface area contributed by atoms with Gasteiger partial charge in [-0.05, 0) is 6.92 Å². The fourth-order valence-electron chi connectivity index (χ4n) is 2.54. The zero-order valence-corrected chi connectivity index (χ0v) is 14.6. The van der Waals surface area contributed by atoms with Crippen molar-refractivity contribution in [1.82, 2.24) is 4.90 Å². The van der Waals surface area contributed by atoms with E-state index in [1.54, 1.807) is 16.7 Å². The van der Waals surface area contributed by atoms with Crippen molar-refractivity contribution in [1.29, 1.82) is 5.41 Å². The fraction of sp³-hybridized carbons (Fsp3) is 0.857. The first-order chi connectivity index (χ1) is 11.0. The smallest absolute Gasteiger partial charge is 0.160 e. The highest BCUT2D eigenvalue weighted by Crippen LogP contribution is 2.27. The second-order valence-electron chi connectivity index (χ2n) is 5.45. The lowest BCUT2D eigenvalue weighted by Crippen LogP contribution is -2.50. The Labute approximate surface area is 141 Å². The van der Waals surface area contributed by atoms with Crippen molar-refractivity contribution in [2.45, 2.75) is 38.4 Å². The summed E-state index contributed by atoms with van der Waals surface area (Å²) in [5.74, 6) is 1.83. The van der Waals surface area contributed by atoms with Gasteiger partial charge in [0.05, 0.1) is 6.10 Å². The van der Waals surface area contributed by atoms with Crippen molar-refractivity contribution >= 4 is 23.9 Å². The van der Waals surface area contributed by atoms with E-state index in [1.165, 1.54) is 0 Å². The maximum Gasteiger partial charge on any atom is 0.160 e. The number of likely N-dealkylation sites (N-methyl/N-ethyl adjacent to an activating group) is 1. The van der Waals surface area contributed by atoms with Crippen molar-refractivity contribution < 1.29 is 14.9 Å². The number of ether oxygens (including phenoxy) is 1. The Bertz CT molecular complexity index is 399. The molecule has 0 bridgehead atoms. The van der Waals surface area contributed by atoms with Crippen LogP contribution in [0.5, 0.6) is 0 Å². The summed E-state index contributed by atoms with van der Waals surface area (Å²) in [5, 5.41) is 27.8. The first-order valence-electron chi connectivity index (χ1n) is 7.84. The Morgan fingerprint density at radius 3 is 2.65 bits per heavy atom. The normalized spacial score (nSPS) is 29.6. The summed E-state index contributed by atoms with van der Waals surface area (Å²) in [7, 11) is 0. The van der Waals surface area contributed by atoms with Crippen LogP contribution in [-0.4, -0.2) is 83.0 Å². The summed E-state index contributed by atoms with van der Waals surface area (Å²) in [6, 6.07) is 0. The molecule has 7 N–H and O–H groups in total. The van der Waals surface area contributed by atoms with Gasteiger partial charge in [-0.3, -0.25) is 5.41 Å². The summed E-state index contributed by atoms with van der Waals surface area (Å²) in [6.45, 7) is 5.25. The first-order valence-corrected chi connectivity index (χ1v) is 8.99. The molecule has 0 aromatic carbocycles. The highest BCUT2D eigenvalue weighted by molar-refractivity contribution is 7.99. The van der Waals surface area contributed by atoms with E-state index in [4.69, 9.17) is 21.6 Å². The molecule has 1 heterocycles. The number of amidine groups is 1. The van der Waals surface area contributed by atoms with Crippen LogP contribution in [0, 0.1) is 11.3 Å². The molecule has 1 aliphatic heterocycles. The lowest BCUT2D eigenvalue weighted by Gasteiger charge is -2.34. The van der Waals surface area contributed by atoms with Gasteiger partial charge in [-0.15, -0.1) is 0 Å². The number of rotatable bonds is 9. The van der Waals surface area contributed by atoms with Crippen molar-refractivity contribution in [3.63, 3.8) is 0 Å². The molecule has 0 saturated carbocycles. The molecule has 0 amide bonds. The molecular formula is C14H29N5O3S. The standard InChI is InChI=1S/C14H29N5O3S/c1-3-19(13(18-8-17)9(2)6-16)14-12(21)11(20)10(22-14)7-23-5-4-15/h8-12,14,17,20-21H,3-7,15-16H2,1-2H3. The van der Waals surface area contributed by atoms with Crippen LogP contribution < -0.4 is 11.5 Å². The highest BCUT2D eigenvalue weighted by Gasteiger charge is 2.46. The van der Waals surface area contributed by atoms with E-state index in [0.29, 0.717) is 31.2 Å². The fourth-order valence-corrected chi connectivity index (χ4v) is 3.38. The van der Waals surface area contributed by atoms with Gasteiger partial charge in [-0.2, -0.15) is 11.8 Å². The molecule has 134 valence electrons. The molecule has 1 saturated heterocycles. The SMILES string of the molecule is CCN(C(=NC=N)C(C)CN)C1OC(CSCCN)C(O)C1O. The van der Waals surface area contributed by atoms with Crippen LogP contribution in [0.25, 0.3) is 0 Å². The molecule has 0 spiro atoms. The minimum atomic E-state index is -1.04. The number of hydrogen-bond donors (Lipinski definition) is 5. The number of thioether (sulfide) groups is 1. The number of aliphatic imine (C=N–C) groups is 1. The van der Waals surface area contributed by atoms with Gasteiger partial charge in [0.25, 0.3) is 0 Å². The monoisotopic (exact) mass is 347 g/mol. The molecule has 0 aromatic rings. The largest absolute Gasteiger partial charge is 0.387 e. The Morgan fingerprint density at radius 1 is 1.43 bits per heavy atom. The van der Waals surface area contributed by atoms with E-state index >= 15 is 0 Å². The Hall–Kier alpha value is -0.710.